The van der Waals surface area contributed by atoms with Crippen molar-refractivity contribution in [3.8, 4) is 0 Å². The quantitative estimate of drug-likeness (QED) is 0.743. The van der Waals surface area contributed by atoms with Crippen molar-refractivity contribution in [1.82, 2.24) is 5.16 Å². The van der Waals surface area contributed by atoms with E-state index >= 15 is 0 Å². The lowest BCUT2D eigenvalue weighted by atomic mass is 10.1. The van der Waals surface area contributed by atoms with Crippen molar-refractivity contribution >= 4 is 16.9 Å². The van der Waals surface area contributed by atoms with Crippen molar-refractivity contribution < 1.29 is 14.1 Å². The van der Waals surface area contributed by atoms with Crippen LogP contribution < -0.4 is 5.73 Å². The van der Waals surface area contributed by atoms with Crippen LogP contribution in [-0.4, -0.2) is 18.2 Å². The van der Waals surface area contributed by atoms with Gasteiger partial charge in [-0.15, -0.1) is 0 Å². The molecule has 15 heavy (non-hydrogen) atoms. The van der Waals surface area contributed by atoms with Gasteiger partial charge in [-0.05, 0) is 17.7 Å². The second-order valence-corrected chi connectivity index (χ2v) is 3.06. The van der Waals surface area contributed by atoms with Crippen molar-refractivity contribution in [3.63, 3.8) is 0 Å². The summed E-state index contributed by atoms with van der Waals surface area (Å²) in [5.41, 5.74) is 7.14. The van der Waals surface area contributed by atoms with Crippen LogP contribution in [0.15, 0.2) is 22.7 Å². The van der Waals surface area contributed by atoms with Crippen LogP contribution in [0.2, 0.25) is 0 Å². The van der Waals surface area contributed by atoms with Gasteiger partial charge in [0, 0.05) is 6.54 Å². The fourth-order valence-corrected chi connectivity index (χ4v) is 1.35. The van der Waals surface area contributed by atoms with Crippen LogP contribution in [0, 0.1) is 0 Å². The maximum atomic E-state index is 11.3. The summed E-state index contributed by atoms with van der Waals surface area (Å²) in [6.07, 6.45) is 0. The molecule has 0 aliphatic rings. The number of carbonyl (C=O) groups is 1. The first-order valence-electron chi connectivity index (χ1n) is 4.43. The topological polar surface area (TPSA) is 78.3 Å². The number of aromatic nitrogens is 1. The summed E-state index contributed by atoms with van der Waals surface area (Å²) < 4.78 is 9.58. The molecular weight excluding hydrogens is 196 g/mol. The van der Waals surface area contributed by atoms with Crippen molar-refractivity contribution in [2.45, 2.75) is 6.54 Å². The van der Waals surface area contributed by atoms with E-state index in [1.165, 1.54) is 7.11 Å². The Labute approximate surface area is 85.8 Å². The van der Waals surface area contributed by atoms with E-state index in [-0.39, 0.29) is 5.69 Å². The second kappa shape index (κ2) is 3.70. The van der Waals surface area contributed by atoms with Gasteiger partial charge in [0.2, 0.25) is 0 Å². The zero-order valence-corrected chi connectivity index (χ0v) is 8.19. The Balaban J connectivity index is 2.57. The van der Waals surface area contributed by atoms with Gasteiger partial charge in [-0.2, -0.15) is 0 Å². The SMILES string of the molecule is COC(=O)c1noc2cc(CN)ccc12. The molecule has 0 radical (unpaired) electrons. The Morgan fingerprint density at radius 1 is 1.60 bits per heavy atom. The third-order valence-electron chi connectivity index (χ3n) is 2.15. The Hall–Kier alpha value is -1.88. The van der Waals surface area contributed by atoms with E-state index in [9.17, 15) is 4.79 Å². The molecule has 2 N–H and O–H groups in total. The number of nitrogens with two attached hydrogens (primary N) is 1. The first-order valence-corrected chi connectivity index (χ1v) is 4.43. The summed E-state index contributed by atoms with van der Waals surface area (Å²) in [4.78, 5) is 11.3. The highest BCUT2D eigenvalue weighted by molar-refractivity contribution is 6.01. The lowest BCUT2D eigenvalue weighted by Gasteiger charge is -1.95. The lowest BCUT2D eigenvalue weighted by Crippen LogP contribution is -2.01. The van der Waals surface area contributed by atoms with E-state index < -0.39 is 5.97 Å². The maximum absolute atomic E-state index is 11.3. The first-order chi connectivity index (χ1) is 7.26. The minimum atomic E-state index is -0.505. The molecule has 2 aromatic rings. The molecule has 0 atom stereocenters. The Kier molecular flexibility index (Phi) is 2.39. The van der Waals surface area contributed by atoms with Crippen LogP contribution in [0.4, 0.5) is 0 Å². The molecular formula is C10H10N2O3. The van der Waals surface area contributed by atoms with Gasteiger partial charge in [-0.25, -0.2) is 4.79 Å². The molecule has 0 spiro atoms. The molecule has 0 saturated carbocycles. The Morgan fingerprint density at radius 3 is 3.07 bits per heavy atom. The number of hydrogen-bond donors (Lipinski definition) is 1. The second-order valence-electron chi connectivity index (χ2n) is 3.06. The third-order valence-corrected chi connectivity index (χ3v) is 2.15. The maximum Gasteiger partial charge on any atom is 0.360 e. The summed E-state index contributed by atoms with van der Waals surface area (Å²) in [5.74, 6) is -0.505. The number of carbonyl (C=O) groups excluding carboxylic acids is 1. The zero-order valence-electron chi connectivity index (χ0n) is 8.19. The number of rotatable bonds is 2. The summed E-state index contributed by atoms with van der Waals surface area (Å²) >= 11 is 0. The third kappa shape index (κ3) is 1.57. The molecule has 1 aromatic heterocycles. The Morgan fingerprint density at radius 2 is 2.40 bits per heavy atom. The van der Waals surface area contributed by atoms with E-state index in [2.05, 4.69) is 9.89 Å². The van der Waals surface area contributed by atoms with Crippen LogP contribution in [-0.2, 0) is 11.3 Å². The molecule has 2 rings (SSSR count). The van der Waals surface area contributed by atoms with E-state index in [0.29, 0.717) is 17.5 Å². The lowest BCUT2D eigenvalue weighted by molar-refractivity contribution is 0.0591. The van der Waals surface area contributed by atoms with Gasteiger partial charge in [-0.3, -0.25) is 0 Å². The monoisotopic (exact) mass is 206 g/mol. The smallest absolute Gasteiger partial charge is 0.360 e. The number of hydrogen-bond acceptors (Lipinski definition) is 5. The van der Waals surface area contributed by atoms with Gasteiger partial charge >= 0.3 is 5.97 Å². The summed E-state index contributed by atoms with van der Waals surface area (Å²) in [7, 11) is 1.30. The average Bonchev–Trinajstić information content (AvgIpc) is 2.70. The van der Waals surface area contributed by atoms with Gasteiger partial charge in [0.05, 0.1) is 12.5 Å². The highest BCUT2D eigenvalue weighted by Gasteiger charge is 2.16. The number of esters is 1. The van der Waals surface area contributed by atoms with Crippen molar-refractivity contribution in [2.24, 2.45) is 5.73 Å². The molecule has 0 bridgehead atoms. The molecule has 0 fully saturated rings. The fraction of sp³-hybridized carbons (Fsp3) is 0.200. The number of methoxy groups -OCH3 is 1. The molecule has 0 amide bonds. The minimum absolute atomic E-state index is 0.191. The predicted octanol–water partition coefficient (Wildman–Crippen LogP) is 1.07. The van der Waals surface area contributed by atoms with E-state index in [1.807, 2.05) is 6.07 Å². The molecule has 0 unspecified atom stereocenters. The molecule has 78 valence electrons. The highest BCUT2D eigenvalue weighted by Crippen LogP contribution is 2.20. The van der Waals surface area contributed by atoms with Crippen LogP contribution in [0.3, 0.4) is 0 Å². The molecule has 0 saturated heterocycles. The van der Waals surface area contributed by atoms with Crippen LogP contribution in [0.5, 0.6) is 0 Å². The first kappa shape index (κ1) is 9.67. The number of benzene rings is 1. The molecule has 1 aromatic carbocycles. The van der Waals surface area contributed by atoms with Crippen molar-refractivity contribution in [1.29, 1.82) is 0 Å². The van der Waals surface area contributed by atoms with Crippen LogP contribution in [0.1, 0.15) is 16.1 Å². The summed E-state index contributed by atoms with van der Waals surface area (Å²) in [5, 5.41) is 4.29. The molecule has 0 aliphatic carbocycles. The number of ether oxygens (including phenoxy) is 1. The van der Waals surface area contributed by atoms with E-state index in [4.69, 9.17) is 10.3 Å². The normalized spacial score (nSPS) is 10.5. The molecule has 5 heteroatoms. The van der Waals surface area contributed by atoms with Crippen LogP contribution in [0.25, 0.3) is 11.0 Å². The molecule has 1 heterocycles. The van der Waals surface area contributed by atoms with Crippen molar-refractivity contribution in [2.75, 3.05) is 7.11 Å². The number of nitrogens with zero attached hydrogens (tertiary/aromatic N) is 1. The fourth-order valence-electron chi connectivity index (χ4n) is 1.35. The molecule has 0 aliphatic heterocycles. The predicted molar refractivity (Wildman–Crippen MR) is 53.2 cm³/mol. The number of fused-ring (bicyclic) bond motifs is 1. The van der Waals surface area contributed by atoms with Gasteiger partial charge in [0.1, 0.15) is 0 Å². The largest absolute Gasteiger partial charge is 0.464 e. The van der Waals surface area contributed by atoms with Gasteiger partial charge in [-0.1, -0.05) is 11.2 Å². The minimum Gasteiger partial charge on any atom is -0.464 e. The average molecular weight is 206 g/mol. The molecule has 5 nitrogen and oxygen atoms in total. The van der Waals surface area contributed by atoms with E-state index in [1.54, 1.807) is 12.1 Å². The van der Waals surface area contributed by atoms with Crippen LogP contribution >= 0.6 is 0 Å². The summed E-state index contributed by atoms with van der Waals surface area (Å²) in [6.45, 7) is 0.421. The van der Waals surface area contributed by atoms with E-state index in [0.717, 1.165) is 5.56 Å². The van der Waals surface area contributed by atoms with Gasteiger partial charge in [0.15, 0.2) is 11.3 Å². The van der Waals surface area contributed by atoms with Gasteiger partial charge in [0.25, 0.3) is 0 Å². The zero-order chi connectivity index (χ0) is 10.8. The van der Waals surface area contributed by atoms with Crippen molar-refractivity contribution in [3.05, 3.63) is 29.5 Å². The standard InChI is InChI=1S/C10H10N2O3/c1-14-10(13)9-7-3-2-6(5-11)4-8(7)15-12-9/h2-4H,5,11H2,1H3. The Bertz CT molecular complexity index is 504. The highest BCUT2D eigenvalue weighted by atomic mass is 16.5. The summed E-state index contributed by atoms with van der Waals surface area (Å²) in [6, 6.07) is 5.33. The van der Waals surface area contributed by atoms with Gasteiger partial charge < -0.3 is 15.0 Å².